The first-order valence-electron chi connectivity index (χ1n) is 8.50. The molecule has 2 aromatic rings. The van der Waals surface area contributed by atoms with Crippen molar-refractivity contribution < 1.29 is 14.3 Å². The molecule has 1 aromatic carbocycles. The number of imidazole rings is 1. The Morgan fingerprint density at radius 1 is 1.33 bits per heavy atom. The summed E-state index contributed by atoms with van der Waals surface area (Å²) in [5.74, 6) is 1.09. The van der Waals surface area contributed by atoms with Gasteiger partial charge in [-0.1, -0.05) is 0 Å². The predicted octanol–water partition coefficient (Wildman–Crippen LogP) is 0.753. The third-order valence-corrected chi connectivity index (χ3v) is 4.47. The molecule has 1 fully saturated rings. The third kappa shape index (κ3) is 4.78. The molecule has 2 N–H and O–H groups in total. The molecule has 1 unspecified atom stereocenters. The van der Waals surface area contributed by atoms with E-state index in [2.05, 4.69) is 15.6 Å². The van der Waals surface area contributed by atoms with Crippen LogP contribution in [0.5, 0.6) is 5.75 Å². The molecule has 2 heterocycles. The Bertz CT molecular complexity index is 778. The average molecular weight is 394 g/mol. The summed E-state index contributed by atoms with van der Waals surface area (Å²) < 4.78 is 6.99. The number of nitrogens with one attached hydrogen (secondary N) is 2. The number of aryl methyl sites for hydroxylation is 1. The standard InChI is InChI=1S/C18H23N5O3.ClH/c1-22-9-8-20-17(22)15-11-19-7-10-23(15)16(24)12-21-18(25)13-3-5-14(26-2)6-4-13;/h3-6,8-9,15,19H,7,10-12H2,1-2H3,(H,21,25);1H. The zero-order valence-electron chi connectivity index (χ0n) is 15.3. The number of benzene rings is 1. The quantitative estimate of drug-likeness (QED) is 0.782. The largest absolute Gasteiger partial charge is 0.497 e. The first kappa shape index (κ1) is 20.7. The van der Waals surface area contributed by atoms with E-state index in [0.29, 0.717) is 24.4 Å². The van der Waals surface area contributed by atoms with E-state index in [0.717, 1.165) is 12.4 Å². The number of hydrogen-bond acceptors (Lipinski definition) is 5. The number of amides is 2. The van der Waals surface area contributed by atoms with Crippen molar-refractivity contribution in [3.63, 3.8) is 0 Å². The van der Waals surface area contributed by atoms with Crippen molar-refractivity contribution in [2.75, 3.05) is 33.3 Å². The third-order valence-electron chi connectivity index (χ3n) is 4.47. The second-order valence-corrected chi connectivity index (χ2v) is 6.11. The highest BCUT2D eigenvalue weighted by Crippen LogP contribution is 2.20. The molecule has 1 aromatic heterocycles. The lowest BCUT2D eigenvalue weighted by atomic mass is 10.1. The number of methoxy groups -OCH3 is 1. The molecule has 0 spiro atoms. The van der Waals surface area contributed by atoms with E-state index in [9.17, 15) is 9.59 Å². The van der Waals surface area contributed by atoms with Crippen LogP contribution in [-0.2, 0) is 11.8 Å². The highest BCUT2D eigenvalue weighted by molar-refractivity contribution is 5.96. The van der Waals surface area contributed by atoms with Gasteiger partial charge in [-0.15, -0.1) is 12.4 Å². The molecule has 8 nitrogen and oxygen atoms in total. The number of piperazine rings is 1. The van der Waals surface area contributed by atoms with E-state index in [1.54, 1.807) is 42.5 Å². The minimum atomic E-state index is -0.287. The van der Waals surface area contributed by atoms with Crippen molar-refractivity contribution in [1.29, 1.82) is 0 Å². The van der Waals surface area contributed by atoms with Crippen LogP contribution in [0.1, 0.15) is 22.2 Å². The maximum Gasteiger partial charge on any atom is 0.251 e. The van der Waals surface area contributed by atoms with E-state index in [1.165, 1.54) is 0 Å². The van der Waals surface area contributed by atoms with E-state index < -0.39 is 0 Å². The Kier molecular flexibility index (Phi) is 7.20. The lowest BCUT2D eigenvalue weighted by molar-refractivity contribution is -0.133. The molecule has 1 aliphatic heterocycles. The highest BCUT2D eigenvalue weighted by Gasteiger charge is 2.30. The van der Waals surface area contributed by atoms with Crippen LogP contribution in [0.15, 0.2) is 36.7 Å². The van der Waals surface area contributed by atoms with Crippen LogP contribution in [-0.4, -0.2) is 59.6 Å². The molecule has 9 heteroatoms. The second kappa shape index (κ2) is 9.38. The van der Waals surface area contributed by atoms with Gasteiger partial charge in [0.2, 0.25) is 5.91 Å². The van der Waals surface area contributed by atoms with Gasteiger partial charge in [0.15, 0.2) is 0 Å². The van der Waals surface area contributed by atoms with Gasteiger partial charge in [0, 0.05) is 44.6 Å². The number of rotatable bonds is 5. The molecule has 27 heavy (non-hydrogen) atoms. The summed E-state index contributed by atoms with van der Waals surface area (Å²) >= 11 is 0. The lowest BCUT2D eigenvalue weighted by Gasteiger charge is -2.35. The van der Waals surface area contributed by atoms with Gasteiger partial charge in [-0.25, -0.2) is 4.98 Å². The Morgan fingerprint density at radius 2 is 2.07 bits per heavy atom. The van der Waals surface area contributed by atoms with Gasteiger partial charge >= 0.3 is 0 Å². The summed E-state index contributed by atoms with van der Waals surface area (Å²) in [6.07, 6.45) is 3.58. The minimum Gasteiger partial charge on any atom is -0.497 e. The smallest absolute Gasteiger partial charge is 0.251 e. The number of aromatic nitrogens is 2. The van der Waals surface area contributed by atoms with Crippen LogP contribution in [0.2, 0.25) is 0 Å². The molecule has 0 radical (unpaired) electrons. The van der Waals surface area contributed by atoms with Crippen molar-refractivity contribution in [3.8, 4) is 5.75 Å². The summed E-state index contributed by atoms with van der Waals surface area (Å²) in [4.78, 5) is 31.1. The Hall–Kier alpha value is -2.58. The van der Waals surface area contributed by atoms with Crippen molar-refractivity contribution >= 4 is 24.2 Å². The van der Waals surface area contributed by atoms with Crippen LogP contribution < -0.4 is 15.4 Å². The fraction of sp³-hybridized carbons (Fsp3) is 0.389. The molecular formula is C18H24ClN5O3. The highest BCUT2D eigenvalue weighted by atomic mass is 35.5. The maximum atomic E-state index is 12.7. The molecule has 0 bridgehead atoms. The maximum absolute atomic E-state index is 12.7. The zero-order chi connectivity index (χ0) is 18.5. The number of hydrogen-bond donors (Lipinski definition) is 2. The lowest BCUT2D eigenvalue weighted by Crippen LogP contribution is -2.52. The predicted molar refractivity (Wildman–Crippen MR) is 103 cm³/mol. The van der Waals surface area contributed by atoms with Crippen LogP contribution in [0, 0.1) is 0 Å². The first-order chi connectivity index (χ1) is 12.6. The minimum absolute atomic E-state index is 0. The van der Waals surface area contributed by atoms with Gasteiger partial charge in [0.1, 0.15) is 17.6 Å². The molecule has 1 aliphatic rings. The van der Waals surface area contributed by atoms with Crippen molar-refractivity contribution in [1.82, 2.24) is 25.1 Å². The van der Waals surface area contributed by atoms with Crippen LogP contribution in [0.25, 0.3) is 0 Å². The van der Waals surface area contributed by atoms with Crippen molar-refractivity contribution in [2.24, 2.45) is 7.05 Å². The molecule has 0 aliphatic carbocycles. The van der Waals surface area contributed by atoms with Gasteiger partial charge < -0.3 is 24.8 Å². The number of carbonyl (C=O) groups excluding carboxylic acids is 2. The van der Waals surface area contributed by atoms with Gasteiger partial charge in [0.25, 0.3) is 5.91 Å². The van der Waals surface area contributed by atoms with Gasteiger partial charge in [-0.05, 0) is 24.3 Å². The topological polar surface area (TPSA) is 88.5 Å². The summed E-state index contributed by atoms with van der Waals surface area (Å²) in [6, 6.07) is 6.61. The van der Waals surface area contributed by atoms with E-state index in [4.69, 9.17) is 4.74 Å². The van der Waals surface area contributed by atoms with Gasteiger partial charge in [-0.2, -0.15) is 0 Å². The van der Waals surface area contributed by atoms with Crippen LogP contribution in [0.3, 0.4) is 0 Å². The van der Waals surface area contributed by atoms with E-state index in [-0.39, 0.29) is 36.8 Å². The van der Waals surface area contributed by atoms with Crippen molar-refractivity contribution in [2.45, 2.75) is 6.04 Å². The molecule has 146 valence electrons. The second-order valence-electron chi connectivity index (χ2n) is 6.11. The van der Waals surface area contributed by atoms with Crippen LogP contribution in [0.4, 0.5) is 0 Å². The zero-order valence-corrected chi connectivity index (χ0v) is 16.2. The Balaban J connectivity index is 0.00000261. The monoisotopic (exact) mass is 393 g/mol. The summed E-state index contributed by atoms with van der Waals surface area (Å²) in [5, 5.41) is 5.99. The average Bonchev–Trinajstić information content (AvgIpc) is 3.11. The fourth-order valence-corrected chi connectivity index (χ4v) is 3.03. The molecule has 1 saturated heterocycles. The Morgan fingerprint density at radius 3 is 2.70 bits per heavy atom. The first-order valence-corrected chi connectivity index (χ1v) is 8.50. The molecule has 2 amide bonds. The SMILES string of the molecule is COc1ccc(C(=O)NCC(=O)N2CCNCC2c2nccn2C)cc1.Cl. The Labute approximate surface area is 164 Å². The van der Waals surface area contributed by atoms with Crippen LogP contribution >= 0.6 is 12.4 Å². The summed E-state index contributed by atoms with van der Waals surface area (Å²) in [5.41, 5.74) is 0.486. The summed E-state index contributed by atoms with van der Waals surface area (Å²) in [6.45, 7) is 1.89. The number of halogens is 1. The molecule has 1 atom stereocenters. The normalized spacial score (nSPS) is 16.4. The molecule has 0 saturated carbocycles. The van der Waals surface area contributed by atoms with Gasteiger partial charge in [-0.3, -0.25) is 9.59 Å². The molecular weight excluding hydrogens is 370 g/mol. The van der Waals surface area contributed by atoms with E-state index >= 15 is 0 Å². The fourth-order valence-electron chi connectivity index (χ4n) is 3.03. The molecule has 3 rings (SSSR count). The van der Waals surface area contributed by atoms with Crippen molar-refractivity contribution in [3.05, 3.63) is 48.0 Å². The number of nitrogens with zero attached hydrogens (tertiary/aromatic N) is 3. The number of ether oxygens (including phenoxy) is 1. The van der Waals surface area contributed by atoms with Gasteiger partial charge in [0.05, 0.1) is 13.7 Å². The van der Waals surface area contributed by atoms with E-state index in [1.807, 2.05) is 17.8 Å². The summed E-state index contributed by atoms with van der Waals surface area (Å²) in [7, 11) is 3.48. The number of carbonyl (C=O) groups is 2.